The Morgan fingerprint density at radius 2 is 2.08 bits per heavy atom. The molecule has 1 saturated heterocycles. The van der Waals surface area contributed by atoms with E-state index in [0.29, 0.717) is 12.5 Å². The van der Waals surface area contributed by atoms with Crippen molar-refractivity contribution < 1.29 is 0 Å². The maximum atomic E-state index is 4.38. The molecule has 1 aromatic carbocycles. The Morgan fingerprint density at radius 1 is 1.24 bits per heavy atom. The molecule has 1 N–H and O–H groups in total. The number of allylic oxidation sites excluding steroid dienone is 1. The molecular weight excluding hydrogens is 312 g/mol. The second-order valence-electron chi connectivity index (χ2n) is 6.18. The molecule has 132 valence electrons. The molecule has 0 radical (unpaired) electrons. The van der Waals surface area contributed by atoms with E-state index in [9.17, 15) is 0 Å². The highest BCUT2D eigenvalue weighted by atomic mass is 15.2. The Balaban J connectivity index is 1.48. The summed E-state index contributed by atoms with van der Waals surface area (Å²) in [5.41, 5.74) is 1.95. The second-order valence-corrected chi connectivity index (χ2v) is 6.18. The number of aromatic nitrogens is 2. The van der Waals surface area contributed by atoms with E-state index in [1.807, 2.05) is 34.9 Å². The Kier molecular flexibility index (Phi) is 6.48. The minimum Gasteiger partial charge on any atom is -0.302 e. The predicted octanol–water partition coefficient (Wildman–Crippen LogP) is 2.64. The fourth-order valence-electron chi connectivity index (χ4n) is 3.09. The van der Waals surface area contributed by atoms with Gasteiger partial charge in [-0.05, 0) is 50.9 Å². The summed E-state index contributed by atoms with van der Waals surface area (Å²) in [7, 11) is 0. The zero-order chi connectivity index (χ0) is 17.3. The van der Waals surface area contributed by atoms with Gasteiger partial charge in [-0.3, -0.25) is 14.9 Å². The summed E-state index contributed by atoms with van der Waals surface area (Å²) in [5.74, 6) is 0.714. The lowest BCUT2D eigenvalue weighted by Crippen LogP contribution is -2.35. The first-order valence-corrected chi connectivity index (χ1v) is 8.91. The van der Waals surface area contributed by atoms with E-state index in [-0.39, 0.29) is 0 Å². The molecule has 2 aromatic rings. The van der Waals surface area contributed by atoms with Gasteiger partial charge in [-0.25, -0.2) is 9.98 Å². The molecule has 2 heterocycles. The summed E-state index contributed by atoms with van der Waals surface area (Å²) in [6.45, 7) is 8.81. The summed E-state index contributed by atoms with van der Waals surface area (Å²) in [5, 5.41) is 3.35. The normalized spacial score (nSPS) is 16.7. The Bertz CT molecular complexity index is 739. The van der Waals surface area contributed by atoms with Crippen LogP contribution in [0.3, 0.4) is 0 Å². The van der Waals surface area contributed by atoms with Crippen LogP contribution in [0, 0.1) is 0 Å². The maximum absolute atomic E-state index is 4.38. The van der Waals surface area contributed by atoms with Crippen molar-refractivity contribution in [1.29, 1.82) is 0 Å². The molecule has 0 atom stereocenters. The topological polar surface area (TPSA) is 57.8 Å². The number of fused-ring (bicyclic) bond motifs is 1. The average Bonchev–Trinajstić information content (AvgIpc) is 3.09. The SMILES string of the molecule is C=N/C(=C\C=NCNCCN1CCCCC1)n1cnc2ccccc21. The molecule has 0 unspecified atom stereocenters. The number of hydrogen-bond donors (Lipinski definition) is 1. The van der Waals surface area contributed by atoms with E-state index < -0.39 is 0 Å². The van der Waals surface area contributed by atoms with Crippen LogP contribution in [0.25, 0.3) is 16.9 Å². The first kappa shape index (κ1) is 17.5. The highest BCUT2D eigenvalue weighted by Gasteiger charge is 2.08. The molecule has 6 nitrogen and oxygen atoms in total. The fourth-order valence-corrected chi connectivity index (χ4v) is 3.09. The van der Waals surface area contributed by atoms with Gasteiger partial charge in [0, 0.05) is 19.3 Å². The van der Waals surface area contributed by atoms with Gasteiger partial charge in [0.15, 0.2) is 0 Å². The molecule has 0 spiro atoms. The van der Waals surface area contributed by atoms with Crippen molar-refractivity contribution in [3.63, 3.8) is 0 Å². The molecule has 0 saturated carbocycles. The van der Waals surface area contributed by atoms with Crippen LogP contribution in [0.5, 0.6) is 0 Å². The van der Waals surface area contributed by atoms with Gasteiger partial charge in [-0.15, -0.1) is 0 Å². The van der Waals surface area contributed by atoms with Crippen molar-refractivity contribution in [2.75, 3.05) is 32.8 Å². The number of piperidine rings is 1. The molecule has 6 heteroatoms. The highest BCUT2D eigenvalue weighted by molar-refractivity contribution is 5.84. The standard InChI is InChI=1S/C19H26N6/c1-20-19(25-16-23-17-7-3-4-8-18(17)25)9-10-21-15-22-11-14-24-12-5-2-6-13-24/h3-4,7-10,16,22H,1-2,5-6,11-15H2/b19-9+,21-10?. The molecule has 0 amide bonds. The van der Waals surface area contributed by atoms with Gasteiger partial charge in [0.2, 0.25) is 0 Å². The van der Waals surface area contributed by atoms with Crippen molar-refractivity contribution in [3.05, 3.63) is 36.7 Å². The third-order valence-corrected chi connectivity index (χ3v) is 4.45. The van der Waals surface area contributed by atoms with Crippen LogP contribution >= 0.6 is 0 Å². The molecular formula is C19H26N6. The minimum absolute atomic E-state index is 0.611. The first-order chi connectivity index (χ1) is 12.4. The van der Waals surface area contributed by atoms with Gasteiger partial charge in [-0.1, -0.05) is 18.6 Å². The van der Waals surface area contributed by atoms with E-state index in [1.165, 1.54) is 32.4 Å². The van der Waals surface area contributed by atoms with Crippen LogP contribution in [0.4, 0.5) is 0 Å². The van der Waals surface area contributed by atoms with Crippen LogP contribution in [-0.2, 0) is 0 Å². The predicted molar refractivity (Wildman–Crippen MR) is 105 cm³/mol. The van der Waals surface area contributed by atoms with Gasteiger partial charge in [-0.2, -0.15) is 0 Å². The quantitative estimate of drug-likeness (QED) is 0.595. The highest BCUT2D eigenvalue weighted by Crippen LogP contribution is 2.16. The lowest BCUT2D eigenvalue weighted by atomic mass is 10.1. The van der Waals surface area contributed by atoms with Gasteiger partial charge in [0.1, 0.15) is 12.1 Å². The third kappa shape index (κ3) is 4.84. The molecule has 1 aliphatic heterocycles. The molecule has 3 rings (SSSR count). The summed E-state index contributed by atoms with van der Waals surface area (Å²) < 4.78 is 1.91. The lowest BCUT2D eigenvalue weighted by molar-refractivity contribution is 0.229. The van der Waals surface area contributed by atoms with Crippen LogP contribution in [0.1, 0.15) is 19.3 Å². The number of likely N-dealkylation sites (tertiary alicyclic amines) is 1. The van der Waals surface area contributed by atoms with E-state index in [2.05, 4.69) is 31.9 Å². The van der Waals surface area contributed by atoms with Crippen molar-refractivity contribution in [2.24, 2.45) is 9.98 Å². The Morgan fingerprint density at radius 3 is 2.92 bits per heavy atom. The zero-order valence-electron chi connectivity index (χ0n) is 14.6. The average molecular weight is 338 g/mol. The van der Waals surface area contributed by atoms with Gasteiger partial charge >= 0.3 is 0 Å². The number of benzene rings is 1. The molecule has 0 bridgehead atoms. The second kappa shape index (κ2) is 9.25. The summed E-state index contributed by atoms with van der Waals surface area (Å²) in [4.78, 5) is 15.4. The largest absolute Gasteiger partial charge is 0.302 e. The van der Waals surface area contributed by atoms with E-state index in [1.54, 1.807) is 12.5 Å². The number of nitrogens with zero attached hydrogens (tertiary/aromatic N) is 5. The summed E-state index contributed by atoms with van der Waals surface area (Å²) in [6.07, 6.45) is 9.44. The monoisotopic (exact) mass is 338 g/mol. The van der Waals surface area contributed by atoms with Crippen molar-refractivity contribution in [3.8, 4) is 0 Å². The van der Waals surface area contributed by atoms with Crippen molar-refractivity contribution >= 4 is 29.8 Å². The van der Waals surface area contributed by atoms with Crippen molar-refractivity contribution in [2.45, 2.75) is 19.3 Å². The van der Waals surface area contributed by atoms with Crippen LogP contribution < -0.4 is 5.32 Å². The third-order valence-electron chi connectivity index (χ3n) is 4.45. The van der Waals surface area contributed by atoms with E-state index >= 15 is 0 Å². The molecule has 1 aromatic heterocycles. The summed E-state index contributed by atoms with van der Waals surface area (Å²) >= 11 is 0. The molecule has 1 aliphatic rings. The van der Waals surface area contributed by atoms with Crippen LogP contribution in [0.15, 0.2) is 46.7 Å². The van der Waals surface area contributed by atoms with Crippen LogP contribution in [0.2, 0.25) is 0 Å². The first-order valence-electron chi connectivity index (χ1n) is 8.91. The maximum Gasteiger partial charge on any atom is 0.139 e. The minimum atomic E-state index is 0.611. The fraction of sp³-hybridized carbons (Fsp3) is 0.421. The lowest BCUT2D eigenvalue weighted by Gasteiger charge is -2.26. The number of aliphatic imine (C=N–C) groups is 2. The van der Waals surface area contributed by atoms with Gasteiger partial charge in [0.25, 0.3) is 0 Å². The number of imidazole rings is 1. The number of para-hydroxylation sites is 2. The smallest absolute Gasteiger partial charge is 0.139 e. The molecule has 25 heavy (non-hydrogen) atoms. The number of rotatable bonds is 8. The van der Waals surface area contributed by atoms with E-state index in [0.717, 1.165) is 24.1 Å². The van der Waals surface area contributed by atoms with Crippen molar-refractivity contribution in [1.82, 2.24) is 19.8 Å². The number of nitrogens with one attached hydrogen (secondary N) is 1. The van der Waals surface area contributed by atoms with E-state index in [4.69, 9.17) is 0 Å². The van der Waals surface area contributed by atoms with Crippen LogP contribution in [-0.4, -0.2) is 60.2 Å². The van der Waals surface area contributed by atoms with Gasteiger partial charge in [0.05, 0.1) is 17.7 Å². The zero-order valence-corrected chi connectivity index (χ0v) is 14.6. The molecule has 0 aliphatic carbocycles. The molecule has 1 fully saturated rings. The summed E-state index contributed by atoms with van der Waals surface area (Å²) in [6, 6.07) is 7.95. The Hall–Kier alpha value is -2.31. The number of hydrogen-bond acceptors (Lipinski definition) is 5. The van der Waals surface area contributed by atoms with Gasteiger partial charge < -0.3 is 4.90 Å². The Labute approximate surface area is 149 Å².